The van der Waals surface area contributed by atoms with Crippen molar-refractivity contribution in [2.45, 2.75) is 32.1 Å². The highest BCUT2D eigenvalue weighted by Crippen LogP contribution is 2.41. The van der Waals surface area contributed by atoms with Crippen molar-refractivity contribution in [1.29, 1.82) is 0 Å². The number of nitrogens with zero attached hydrogens (tertiary/aromatic N) is 4. The Labute approximate surface area is 172 Å². The van der Waals surface area contributed by atoms with Gasteiger partial charge in [0.2, 0.25) is 0 Å². The molecule has 1 atom stereocenters. The van der Waals surface area contributed by atoms with Crippen LogP contribution in [0.5, 0.6) is 0 Å². The topological polar surface area (TPSA) is 60.1 Å². The van der Waals surface area contributed by atoms with E-state index in [1.165, 1.54) is 39.6 Å². The van der Waals surface area contributed by atoms with Crippen LogP contribution in [0.1, 0.15) is 36.5 Å². The molecule has 0 bridgehead atoms. The zero-order valence-corrected chi connectivity index (χ0v) is 18.0. The second kappa shape index (κ2) is 7.85. The van der Waals surface area contributed by atoms with Gasteiger partial charge in [-0.25, -0.2) is 9.36 Å². The Bertz CT molecular complexity index is 1130. The largest absolute Gasteiger partial charge is 0.335 e. The molecule has 0 spiro atoms. The van der Waals surface area contributed by atoms with E-state index in [1.807, 2.05) is 30.0 Å². The summed E-state index contributed by atoms with van der Waals surface area (Å²) in [5.41, 5.74) is 1.68. The highest BCUT2D eigenvalue weighted by molar-refractivity contribution is 7.99. The lowest BCUT2D eigenvalue weighted by Crippen LogP contribution is -2.38. The van der Waals surface area contributed by atoms with E-state index < -0.39 is 0 Å². The molecular weight excluding hydrogens is 392 g/mol. The Kier molecular flexibility index (Phi) is 5.44. The highest BCUT2D eigenvalue weighted by Gasteiger charge is 2.29. The summed E-state index contributed by atoms with van der Waals surface area (Å²) in [7, 11) is 1.69. The summed E-state index contributed by atoms with van der Waals surface area (Å²) in [5.74, 6) is 1.10. The van der Waals surface area contributed by atoms with Crippen LogP contribution in [-0.2, 0) is 7.05 Å². The number of fused-ring (bicyclic) bond motifs is 1. The number of rotatable bonds is 5. The molecule has 0 saturated carbocycles. The summed E-state index contributed by atoms with van der Waals surface area (Å²) in [6.07, 6.45) is 2.36. The van der Waals surface area contributed by atoms with Gasteiger partial charge in [-0.2, -0.15) is 4.37 Å². The Hall–Kier alpha value is -1.90. The van der Waals surface area contributed by atoms with Crippen molar-refractivity contribution in [2.24, 2.45) is 7.05 Å². The van der Waals surface area contributed by atoms with Gasteiger partial charge in [-0.05, 0) is 49.6 Å². The molecule has 1 aliphatic rings. The first-order valence-electron chi connectivity index (χ1n) is 9.56. The summed E-state index contributed by atoms with van der Waals surface area (Å²) >= 11 is 3.41. The molecule has 8 heteroatoms. The molecule has 28 heavy (non-hydrogen) atoms. The lowest BCUT2D eigenvalue weighted by Gasteiger charge is -2.22. The van der Waals surface area contributed by atoms with E-state index in [1.54, 1.807) is 14.0 Å². The maximum atomic E-state index is 12.7. The minimum atomic E-state index is -0.325. The molecule has 4 rings (SSSR count). The normalized spacial score (nSPS) is 17.6. The fourth-order valence-electron chi connectivity index (χ4n) is 3.58. The quantitative estimate of drug-likeness (QED) is 0.639. The predicted octanol–water partition coefficient (Wildman–Crippen LogP) is 3.30. The van der Waals surface area contributed by atoms with Crippen LogP contribution in [0.2, 0.25) is 0 Å². The summed E-state index contributed by atoms with van der Waals surface area (Å²) in [6, 6.07) is 7.24. The molecule has 3 aromatic rings. The van der Waals surface area contributed by atoms with Crippen LogP contribution in [0.4, 0.5) is 0 Å². The minimum absolute atomic E-state index is 0.244. The molecule has 1 unspecified atom stereocenters. The average Bonchev–Trinajstić information content (AvgIpc) is 3.30. The smallest absolute Gasteiger partial charge is 0.301 e. The monoisotopic (exact) mass is 416 g/mol. The fourth-order valence-corrected chi connectivity index (χ4v) is 5.76. The molecule has 0 radical (unpaired) electrons. The van der Waals surface area contributed by atoms with Crippen molar-refractivity contribution in [2.75, 3.05) is 18.8 Å². The van der Waals surface area contributed by atoms with Gasteiger partial charge in [0.15, 0.2) is 0 Å². The summed E-state index contributed by atoms with van der Waals surface area (Å²) in [4.78, 5) is 27.7. The number of hydrogen-bond acceptors (Lipinski definition) is 6. The van der Waals surface area contributed by atoms with Crippen LogP contribution >= 0.6 is 23.3 Å². The first kappa shape index (κ1) is 19.4. The number of aromatic nitrogens is 3. The van der Waals surface area contributed by atoms with Gasteiger partial charge in [0.05, 0.1) is 16.1 Å². The fraction of sp³-hybridized carbons (Fsp3) is 0.450. The molecule has 2 aromatic heterocycles. The zero-order valence-electron chi connectivity index (χ0n) is 16.3. The molecular formula is C20H24N4O2S2. The van der Waals surface area contributed by atoms with Crippen molar-refractivity contribution >= 4 is 33.4 Å². The van der Waals surface area contributed by atoms with Gasteiger partial charge in [-0.1, -0.05) is 13.3 Å². The highest BCUT2D eigenvalue weighted by atomic mass is 32.2. The van der Waals surface area contributed by atoms with Crippen LogP contribution in [0.15, 0.2) is 33.9 Å². The Balaban J connectivity index is 1.81. The molecule has 0 aliphatic carbocycles. The Morgan fingerprint density at radius 3 is 2.86 bits per heavy atom. The van der Waals surface area contributed by atoms with Gasteiger partial charge >= 0.3 is 5.69 Å². The minimum Gasteiger partial charge on any atom is -0.301 e. The standard InChI is InChI=1S/C20H24N4O2S2/c1-4-5-8-23-9-10-27-19(23)18-15-12-14(6-7-16(15)28-21-18)24-17(25)11-13(2)22(3)20(24)26/h6-7,11-12,19H,4-5,8-10H2,1-3H3. The zero-order chi connectivity index (χ0) is 19.8. The third-order valence-corrected chi connectivity index (χ3v) is 7.41. The van der Waals surface area contributed by atoms with E-state index in [9.17, 15) is 9.59 Å². The van der Waals surface area contributed by atoms with Crippen molar-refractivity contribution in [1.82, 2.24) is 18.4 Å². The van der Waals surface area contributed by atoms with Gasteiger partial charge in [0.1, 0.15) is 5.37 Å². The molecule has 6 nitrogen and oxygen atoms in total. The number of aryl methyl sites for hydroxylation is 1. The van der Waals surface area contributed by atoms with E-state index in [-0.39, 0.29) is 16.6 Å². The molecule has 1 aromatic carbocycles. The van der Waals surface area contributed by atoms with Gasteiger partial charge in [0.25, 0.3) is 5.56 Å². The summed E-state index contributed by atoms with van der Waals surface area (Å²) in [5, 5.41) is 1.28. The predicted molar refractivity (Wildman–Crippen MR) is 117 cm³/mol. The average molecular weight is 417 g/mol. The summed E-state index contributed by atoms with van der Waals surface area (Å²) < 4.78 is 8.58. The van der Waals surface area contributed by atoms with Gasteiger partial charge in [-0.3, -0.25) is 9.69 Å². The van der Waals surface area contributed by atoms with E-state index >= 15 is 0 Å². The number of thioether (sulfide) groups is 1. The maximum absolute atomic E-state index is 12.7. The van der Waals surface area contributed by atoms with Crippen LogP contribution in [0, 0.1) is 6.92 Å². The third kappa shape index (κ3) is 3.33. The number of unbranched alkanes of at least 4 members (excludes halogenated alkanes) is 1. The lowest BCUT2D eigenvalue weighted by molar-refractivity contribution is 0.284. The Morgan fingerprint density at radius 1 is 1.25 bits per heavy atom. The third-order valence-electron chi connectivity index (χ3n) is 5.32. The molecule has 148 valence electrons. The van der Waals surface area contributed by atoms with E-state index in [4.69, 9.17) is 4.37 Å². The molecule has 0 amide bonds. The first-order chi connectivity index (χ1) is 13.5. The molecule has 1 fully saturated rings. The SMILES string of the molecule is CCCCN1CCSC1c1nsc2ccc(-n3c(=O)cc(C)n(C)c3=O)cc12. The van der Waals surface area contributed by atoms with Crippen molar-refractivity contribution in [3.05, 3.63) is 56.5 Å². The van der Waals surface area contributed by atoms with Crippen molar-refractivity contribution < 1.29 is 0 Å². The van der Waals surface area contributed by atoms with Gasteiger partial charge in [0, 0.05) is 36.5 Å². The number of benzene rings is 1. The number of hydrogen-bond donors (Lipinski definition) is 0. The van der Waals surface area contributed by atoms with Crippen LogP contribution in [-0.4, -0.2) is 37.3 Å². The lowest BCUT2D eigenvalue weighted by atomic mass is 10.1. The maximum Gasteiger partial charge on any atom is 0.335 e. The van der Waals surface area contributed by atoms with Gasteiger partial charge < -0.3 is 4.57 Å². The van der Waals surface area contributed by atoms with Crippen LogP contribution < -0.4 is 11.2 Å². The second-order valence-electron chi connectivity index (χ2n) is 7.16. The van der Waals surface area contributed by atoms with E-state index in [2.05, 4.69) is 11.8 Å². The van der Waals surface area contributed by atoms with Crippen LogP contribution in [0.25, 0.3) is 15.8 Å². The summed E-state index contributed by atoms with van der Waals surface area (Å²) in [6.45, 7) is 6.12. The second-order valence-corrected chi connectivity index (χ2v) is 9.15. The molecule has 1 saturated heterocycles. The molecule has 3 heterocycles. The van der Waals surface area contributed by atoms with Crippen molar-refractivity contribution in [3.8, 4) is 5.69 Å². The molecule has 0 N–H and O–H groups in total. The molecule has 1 aliphatic heterocycles. The van der Waals surface area contributed by atoms with E-state index in [0.717, 1.165) is 34.6 Å². The Morgan fingerprint density at radius 2 is 2.07 bits per heavy atom. The van der Waals surface area contributed by atoms with Crippen LogP contribution in [0.3, 0.4) is 0 Å². The van der Waals surface area contributed by atoms with Gasteiger partial charge in [-0.15, -0.1) is 11.8 Å². The van der Waals surface area contributed by atoms with Crippen molar-refractivity contribution in [3.63, 3.8) is 0 Å². The first-order valence-corrected chi connectivity index (χ1v) is 11.4. The van der Waals surface area contributed by atoms with E-state index in [0.29, 0.717) is 11.4 Å².